The van der Waals surface area contributed by atoms with Crippen molar-refractivity contribution in [1.82, 2.24) is 0 Å². The molecule has 2 aromatic carbocycles. The summed E-state index contributed by atoms with van der Waals surface area (Å²) < 4.78 is 21.9. The van der Waals surface area contributed by atoms with Crippen molar-refractivity contribution >= 4 is 11.4 Å². The molecule has 268 valence electrons. The summed E-state index contributed by atoms with van der Waals surface area (Å²) >= 11 is 0. The number of carbonyl (C=O) groups is 1. The lowest BCUT2D eigenvalue weighted by Crippen LogP contribution is -2.15. The van der Waals surface area contributed by atoms with Gasteiger partial charge in [-0.3, -0.25) is 4.79 Å². The Bertz CT molecular complexity index is 1430. The molecule has 0 heterocycles. The van der Waals surface area contributed by atoms with Gasteiger partial charge in [-0.1, -0.05) is 76.8 Å². The number of allylic oxidation sites excluding steroid dienone is 8. The van der Waals surface area contributed by atoms with E-state index in [1.807, 2.05) is 63.3 Å². The van der Waals surface area contributed by atoms with E-state index in [1.54, 1.807) is 20.3 Å². The molecular weight excluding hydrogens is 612 g/mol. The van der Waals surface area contributed by atoms with Crippen molar-refractivity contribution in [2.24, 2.45) is 0 Å². The van der Waals surface area contributed by atoms with Gasteiger partial charge in [-0.2, -0.15) is 0 Å². The Morgan fingerprint density at radius 3 is 2.43 bits per heavy atom. The van der Waals surface area contributed by atoms with Crippen LogP contribution in [0.1, 0.15) is 89.8 Å². The number of hydrogen-bond donors (Lipinski definition) is 1. The van der Waals surface area contributed by atoms with Crippen LogP contribution in [-0.4, -0.2) is 44.4 Å². The van der Waals surface area contributed by atoms with Gasteiger partial charge in [0.05, 0.1) is 39.0 Å². The van der Waals surface area contributed by atoms with Crippen molar-refractivity contribution in [2.45, 2.75) is 92.6 Å². The largest absolute Gasteiger partial charge is 0.516 e. The summed E-state index contributed by atoms with van der Waals surface area (Å²) in [6.07, 6.45) is 17.6. The summed E-state index contributed by atoms with van der Waals surface area (Å²) in [5.41, 5.74) is 6.41. The van der Waals surface area contributed by atoms with Crippen LogP contribution < -0.4 is 9.47 Å². The summed E-state index contributed by atoms with van der Waals surface area (Å²) in [6, 6.07) is 14.6. The first-order valence-corrected chi connectivity index (χ1v) is 17.5. The molecule has 2 aromatic rings. The monoisotopic (exact) mass is 672 g/mol. The Morgan fingerprint density at radius 2 is 1.78 bits per heavy atom. The molecule has 0 bridgehead atoms. The molecule has 0 saturated carbocycles. The molecule has 0 unspecified atom stereocenters. The van der Waals surface area contributed by atoms with Crippen LogP contribution in [0.25, 0.3) is 5.57 Å². The number of Topliss-reactive ketones (excluding diaryl/α,β-unsaturated/α-hetero) is 1. The second-order valence-corrected chi connectivity index (χ2v) is 11.4. The van der Waals surface area contributed by atoms with Crippen LogP contribution >= 0.6 is 0 Å². The lowest BCUT2D eigenvalue weighted by Gasteiger charge is -2.16. The zero-order chi connectivity index (χ0) is 36.4. The Balaban J connectivity index is 0.000000467. The van der Waals surface area contributed by atoms with Crippen molar-refractivity contribution < 1.29 is 28.8 Å². The average Bonchev–Trinajstić information content (AvgIpc) is 3.14. The molecule has 1 atom stereocenters. The van der Waals surface area contributed by atoms with Gasteiger partial charge in [-0.25, -0.2) is 0 Å². The van der Waals surface area contributed by atoms with Crippen LogP contribution in [0.15, 0.2) is 109 Å². The molecule has 0 fully saturated rings. The number of rotatable bonds is 18. The van der Waals surface area contributed by atoms with Gasteiger partial charge in [0.25, 0.3) is 0 Å². The summed E-state index contributed by atoms with van der Waals surface area (Å²) in [7, 11) is 3.31. The van der Waals surface area contributed by atoms with E-state index in [-0.39, 0.29) is 11.9 Å². The molecule has 1 aliphatic rings. The van der Waals surface area contributed by atoms with Crippen molar-refractivity contribution in [3.63, 3.8) is 0 Å². The first-order chi connectivity index (χ1) is 23.7. The minimum Gasteiger partial charge on any atom is -0.516 e. The predicted octanol–water partition coefficient (Wildman–Crippen LogP) is 11.0. The van der Waals surface area contributed by atoms with E-state index in [0.717, 1.165) is 78.9 Å². The Kier molecular flexibility index (Phi) is 22.4. The van der Waals surface area contributed by atoms with Gasteiger partial charge in [-0.15, -0.1) is 0 Å². The molecule has 0 spiro atoms. The van der Waals surface area contributed by atoms with Crippen molar-refractivity contribution in [3.05, 3.63) is 125 Å². The fourth-order valence-electron chi connectivity index (χ4n) is 4.88. The van der Waals surface area contributed by atoms with E-state index >= 15 is 0 Å². The number of aliphatic hydroxyl groups is 1. The lowest BCUT2D eigenvalue weighted by atomic mass is 9.97. The molecule has 1 N–H and O–H groups in total. The van der Waals surface area contributed by atoms with E-state index in [0.29, 0.717) is 25.0 Å². The highest BCUT2D eigenvalue weighted by molar-refractivity contribution is 5.98. The van der Waals surface area contributed by atoms with Gasteiger partial charge in [-0.05, 0) is 117 Å². The fourth-order valence-corrected chi connectivity index (χ4v) is 4.88. The predicted molar refractivity (Wildman–Crippen MR) is 205 cm³/mol. The SMILES string of the molecule is C=C(CCc1ccc(OC)c(C)c1)c1cccc(OCCC)c1.CC.CCCO[C@@H]1C=C(C(=O)CCC(=C/C=C/O)/C=C(\C)OC)C=CC1. The highest BCUT2D eigenvalue weighted by Crippen LogP contribution is 2.25. The Labute approximate surface area is 296 Å². The molecule has 0 aliphatic heterocycles. The molecule has 0 radical (unpaired) electrons. The van der Waals surface area contributed by atoms with Gasteiger partial charge < -0.3 is 24.1 Å². The van der Waals surface area contributed by atoms with E-state index in [4.69, 9.17) is 24.1 Å². The number of aryl methyl sites for hydroxylation is 2. The van der Waals surface area contributed by atoms with Crippen molar-refractivity contribution in [2.75, 3.05) is 27.4 Å². The number of ether oxygens (including phenoxy) is 4. The van der Waals surface area contributed by atoms with E-state index in [9.17, 15) is 4.79 Å². The highest BCUT2D eigenvalue weighted by Gasteiger charge is 2.15. The quantitative estimate of drug-likeness (QED) is 0.125. The molecule has 0 amide bonds. The molecule has 6 nitrogen and oxygen atoms in total. The van der Waals surface area contributed by atoms with Gasteiger partial charge in [0.1, 0.15) is 11.5 Å². The van der Waals surface area contributed by atoms with Gasteiger partial charge >= 0.3 is 0 Å². The third-order valence-electron chi connectivity index (χ3n) is 7.53. The van der Waals surface area contributed by atoms with E-state index < -0.39 is 0 Å². The van der Waals surface area contributed by atoms with Crippen LogP contribution in [0, 0.1) is 6.92 Å². The summed E-state index contributed by atoms with van der Waals surface area (Å²) in [6.45, 7) is 17.8. The summed E-state index contributed by atoms with van der Waals surface area (Å²) in [4.78, 5) is 12.4. The molecule has 1 aliphatic carbocycles. The standard InChI is InChI=1S/C21H26O2.C20H28O4.C2H6/c1-5-13-23-20-8-6-7-19(15-20)16(2)9-10-18-11-12-21(22-4)17(3)14-18;1-4-13-24-19-9-5-8-18(15-19)20(22)11-10-17(7-6-12-21)14-16(2)23-3;1-2/h6-8,11-12,14-15H,2,5,9-10,13H2,1,3-4H3;5-8,12,14-15,19,21H,4,9-11,13H2,1-3H3;1-2H3/b;12-6+,16-14+,17-7-;/t;19-;/m.0./s1. The maximum Gasteiger partial charge on any atom is 0.162 e. The third kappa shape index (κ3) is 17.1. The van der Waals surface area contributed by atoms with E-state index in [2.05, 4.69) is 51.6 Å². The number of ketones is 1. The van der Waals surface area contributed by atoms with Gasteiger partial charge in [0.15, 0.2) is 5.78 Å². The van der Waals surface area contributed by atoms with Crippen LogP contribution in [0.5, 0.6) is 11.5 Å². The second kappa shape index (κ2) is 25.7. The fraction of sp³-hybridized carbons (Fsp3) is 0.419. The van der Waals surface area contributed by atoms with Crippen molar-refractivity contribution in [1.29, 1.82) is 0 Å². The summed E-state index contributed by atoms with van der Waals surface area (Å²) in [5, 5.41) is 8.81. The normalized spacial score (nSPS) is 14.2. The molecule has 6 heteroatoms. The number of benzene rings is 2. The Morgan fingerprint density at radius 1 is 1.02 bits per heavy atom. The molecule has 0 saturated heterocycles. The molecule has 49 heavy (non-hydrogen) atoms. The zero-order valence-electron chi connectivity index (χ0n) is 31.2. The average molecular weight is 673 g/mol. The maximum atomic E-state index is 12.4. The van der Waals surface area contributed by atoms with E-state index in [1.165, 1.54) is 17.2 Å². The highest BCUT2D eigenvalue weighted by atomic mass is 16.5. The number of carbonyl (C=O) groups excluding carboxylic acids is 1. The maximum absolute atomic E-state index is 12.4. The lowest BCUT2D eigenvalue weighted by molar-refractivity contribution is -0.115. The zero-order valence-corrected chi connectivity index (χ0v) is 31.2. The van der Waals surface area contributed by atoms with Crippen molar-refractivity contribution in [3.8, 4) is 11.5 Å². The Hall–Kier alpha value is -4.29. The first-order valence-electron chi connectivity index (χ1n) is 17.5. The molecular formula is C43H60O6. The van der Waals surface area contributed by atoms with Crippen LogP contribution in [0.4, 0.5) is 0 Å². The minimum atomic E-state index is -0.00290. The summed E-state index contributed by atoms with van der Waals surface area (Å²) in [5.74, 6) is 2.71. The van der Waals surface area contributed by atoms with Gasteiger partial charge in [0.2, 0.25) is 0 Å². The van der Waals surface area contributed by atoms with Crippen LogP contribution in [-0.2, 0) is 20.7 Å². The number of methoxy groups -OCH3 is 2. The third-order valence-corrected chi connectivity index (χ3v) is 7.53. The molecule has 3 rings (SSSR count). The van der Waals surface area contributed by atoms with Crippen LogP contribution in [0.2, 0.25) is 0 Å². The minimum absolute atomic E-state index is 0.00290. The number of hydrogen-bond acceptors (Lipinski definition) is 6. The number of aliphatic hydroxyl groups excluding tert-OH is 1. The smallest absolute Gasteiger partial charge is 0.162 e. The topological polar surface area (TPSA) is 74.2 Å². The molecule has 0 aromatic heterocycles. The first kappa shape index (κ1) is 42.7. The second-order valence-electron chi connectivity index (χ2n) is 11.4. The van der Waals surface area contributed by atoms with Crippen LogP contribution in [0.3, 0.4) is 0 Å². The van der Waals surface area contributed by atoms with Gasteiger partial charge in [0, 0.05) is 18.6 Å².